The standard InChI is InChI=1S/C12H18O3/c1-8(13)12-4-2-3-9(12)10(14)5-6-11(12,15)7-10/h9,14-15H,2-7H2,1H3. The summed E-state index contributed by atoms with van der Waals surface area (Å²) in [5, 5.41) is 21.1. The first-order chi connectivity index (χ1) is 6.95. The molecule has 0 saturated heterocycles. The van der Waals surface area contributed by atoms with Gasteiger partial charge in [-0.05, 0) is 32.6 Å². The van der Waals surface area contributed by atoms with Crippen molar-refractivity contribution in [1.29, 1.82) is 0 Å². The van der Waals surface area contributed by atoms with Gasteiger partial charge in [0.15, 0.2) is 0 Å². The van der Waals surface area contributed by atoms with E-state index in [1.165, 1.54) is 0 Å². The van der Waals surface area contributed by atoms with Crippen molar-refractivity contribution in [2.24, 2.45) is 11.3 Å². The second-order valence-corrected chi connectivity index (χ2v) is 5.78. The van der Waals surface area contributed by atoms with Crippen molar-refractivity contribution in [1.82, 2.24) is 0 Å². The quantitative estimate of drug-likeness (QED) is 0.679. The largest absolute Gasteiger partial charge is 0.389 e. The number of Topliss-reactive ketones (excluding diaryl/α,β-unsaturated/α-hetero) is 1. The van der Waals surface area contributed by atoms with Gasteiger partial charge in [0, 0.05) is 12.3 Å². The predicted octanol–water partition coefficient (Wildman–Crippen LogP) is 1.02. The molecule has 2 N–H and O–H groups in total. The first kappa shape index (κ1) is 9.79. The SMILES string of the molecule is CC(=O)C12CCCC1C1(O)CCC2(O)C1. The van der Waals surface area contributed by atoms with E-state index in [0.717, 1.165) is 19.3 Å². The zero-order valence-electron chi connectivity index (χ0n) is 9.12. The van der Waals surface area contributed by atoms with Crippen LogP contribution in [0.2, 0.25) is 0 Å². The monoisotopic (exact) mass is 210 g/mol. The van der Waals surface area contributed by atoms with Crippen molar-refractivity contribution < 1.29 is 15.0 Å². The Bertz CT molecular complexity index is 340. The van der Waals surface area contributed by atoms with Gasteiger partial charge in [-0.25, -0.2) is 0 Å². The Kier molecular flexibility index (Phi) is 1.61. The Morgan fingerprint density at radius 3 is 2.60 bits per heavy atom. The van der Waals surface area contributed by atoms with Crippen LogP contribution in [0.25, 0.3) is 0 Å². The van der Waals surface area contributed by atoms with Crippen LogP contribution in [0.15, 0.2) is 0 Å². The summed E-state index contributed by atoms with van der Waals surface area (Å²) in [4.78, 5) is 11.9. The summed E-state index contributed by atoms with van der Waals surface area (Å²) in [6.07, 6.45) is 4.33. The predicted molar refractivity (Wildman–Crippen MR) is 54.2 cm³/mol. The van der Waals surface area contributed by atoms with Gasteiger partial charge in [-0.2, -0.15) is 0 Å². The molecule has 4 atom stereocenters. The molecule has 4 unspecified atom stereocenters. The van der Waals surface area contributed by atoms with Crippen LogP contribution in [-0.4, -0.2) is 27.2 Å². The normalized spacial score (nSPS) is 57.1. The zero-order valence-corrected chi connectivity index (χ0v) is 9.12. The lowest BCUT2D eigenvalue weighted by Gasteiger charge is -2.44. The van der Waals surface area contributed by atoms with Crippen LogP contribution in [0, 0.1) is 11.3 Å². The van der Waals surface area contributed by atoms with E-state index in [1.54, 1.807) is 6.92 Å². The first-order valence-corrected chi connectivity index (χ1v) is 5.90. The molecule has 0 aromatic rings. The highest BCUT2D eigenvalue weighted by Gasteiger charge is 2.75. The summed E-state index contributed by atoms with van der Waals surface area (Å²) in [5.41, 5.74) is -2.27. The molecule has 3 heteroatoms. The molecule has 3 fully saturated rings. The van der Waals surface area contributed by atoms with Crippen LogP contribution in [0.4, 0.5) is 0 Å². The van der Waals surface area contributed by atoms with Crippen LogP contribution < -0.4 is 0 Å². The van der Waals surface area contributed by atoms with Gasteiger partial charge < -0.3 is 10.2 Å². The van der Waals surface area contributed by atoms with E-state index < -0.39 is 16.6 Å². The van der Waals surface area contributed by atoms with E-state index in [0.29, 0.717) is 19.3 Å². The van der Waals surface area contributed by atoms with Crippen molar-refractivity contribution in [3.63, 3.8) is 0 Å². The molecular weight excluding hydrogens is 192 g/mol. The van der Waals surface area contributed by atoms with Crippen molar-refractivity contribution in [3.05, 3.63) is 0 Å². The minimum atomic E-state index is -0.908. The highest BCUT2D eigenvalue weighted by molar-refractivity contribution is 5.86. The number of hydrogen-bond donors (Lipinski definition) is 2. The van der Waals surface area contributed by atoms with E-state index in [1.807, 2.05) is 0 Å². The number of fused-ring (bicyclic) bond motifs is 5. The van der Waals surface area contributed by atoms with E-state index in [2.05, 4.69) is 0 Å². The molecule has 0 heterocycles. The lowest BCUT2D eigenvalue weighted by atomic mass is 9.62. The number of aliphatic hydroxyl groups is 2. The van der Waals surface area contributed by atoms with Crippen molar-refractivity contribution in [2.75, 3.05) is 0 Å². The maximum absolute atomic E-state index is 11.9. The zero-order chi connectivity index (χ0) is 10.9. The molecule has 84 valence electrons. The molecule has 0 aromatic carbocycles. The molecule has 0 radical (unpaired) electrons. The minimum Gasteiger partial charge on any atom is -0.389 e. The lowest BCUT2D eigenvalue weighted by Crippen LogP contribution is -2.52. The van der Waals surface area contributed by atoms with Gasteiger partial charge in [-0.1, -0.05) is 6.42 Å². The molecule has 0 aromatic heterocycles. The Morgan fingerprint density at radius 1 is 1.27 bits per heavy atom. The summed E-state index contributed by atoms with van der Waals surface area (Å²) >= 11 is 0. The summed E-state index contributed by atoms with van der Waals surface area (Å²) < 4.78 is 0. The maximum atomic E-state index is 11.9. The van der Waals surface area contributed by atoms with E-state index >= 15 is 0 Å². The second kappa shape index (κ2) is 2.46. The highest BCUT2D eigenvalue weighted by Crippen LogP contribution is 2.70. The number of carbonyl (C=O) groups is 1. The fourth-order valence-electron chi connectivity index (χ4n) is 4.82. The number of carbonyl (C=O) groups excluding carboxylic acids is 1. The van der Waals surface area contributed by atoms with Gasteiger partial charge in [0.2, 0.25) is 0 Å². The third-order valence-corrected chi connectivity index (χ3v) is 5.34. The molecule has 3 aliphatic carbocycles. The van der Waals surface area contributed by atoms with E-state index in [-0.39, 0.29) is 11.7 Å². The van der Waals surface area contributed by atoms with Crippen LogP contribution in [0.1, 0.15) is 45.4 Å². The molecule has 3 saturated carbocycles. The van der Waals surface area contributed by atoms with Gasteiger partial charge in [-0.15, -0.1) is 0 Å². The van der Waals surface area contributed by atoms with Crippen molar-refractivity contribution >= 4 is 5.78 Å². The Balaban J connectivity index is 2.16. The van der Waals surface area contributed by atoms with Crippen LogP contribution in [-0.2, 0) is 4.79 Å². The molecule has 0 spiro atoms. The van der Waals surface area contributed by atoms with E-state index in [9.17, 15) is 15.0 Å². The third-order valence-electron chi connectivity index (χ3n) is 5.34. The van der Waals surface area contributed by atoms with E-state index in [4.69, 9.17) is 0 Å². The van der Waals surface area contributed by atoms with Gasteiger partial charge in [0.1, 0.15) is 5.78 Å². The lowest BCUT2D eigenvalue weighted by molar-refractivity contribution is -0.151. The third kappa shape index (κ3) is 0.841. The topological polar surface area (TPSA) is 57.5 Å². The molecular formula is C12H18O3. The summed E-state index contributed by atoms with van der Waals surface area (Å²) in [6.45, 7) is 1.58. The van der Waals surface area contributed by atoms with Crippen LogP contribution in [0.5, 0.6) is 0 Å². The molecule has 2 bridgehead atoms. The summed E-state index contributed by atoms with van der Waals surface area (Å²) in [7, 11) is 0. The summed E-state index contributed by atoms with van der Waals surface area (Å²) in [5.74, 6) is 0.101. The average molecular weight is 210 g/mol. The molecule has 0 amide bonds. The van der Waals surface area contributed by atoms with Gasteiger partial charge in [0.05, 0.1) is 16.6 Å². The molecule has 3 nitrogen and oxygen atoms in total. The second-order valence-electron chi connectivity index (χ2n) is 5.78. The first-order valence-electron chi connectivity index (χ1n) is 5.90. The molecule has 3 rings (SSSR count). The number of ketones is 1. The van der Waals surface area contributed by atoms with Crippen molar-refractivity contribution in [2.45, 2.75) is 56.7 Å². The fourth-order valence-corrected chi connectivity index (χ4v) is 4.82. The Labute approximate surface area is 89.5 Å². The van der Waals surface area contributed by atoms with Gasteiger partial charge >= 0.3 is 0 Å². The van der Waals surface area contributed by atoms with Crippen molar-refractivity contribution in [3.8, 4) is 0 Å². The maximum Gasteiger partial charge on any atom is 0.139 e. The summed E-state index contributed by atoms with van der Waals surface area (Å²) in [6, 6.07) is 0. The Morgan fingerprint density at radius 2 is 2.00 bits per heavy atom. The van der Waals surface area contributed by atoms with Gasteiger partial charge in [0.25, 0.3) is 0 Å². The smallest absolute Gasteiger partial charge is 0.139 e. The van der Waals surface area contributed by atoms with Crippen LogP contribution >= 0.6 is 0 Å². The van der Waals surface area contributed by atoms with Crippen LogP contribution in [0.3, 0.4) is 0 Å². The fraction of sp³-hybridized carbons (Fsp3) is 0.917. The molecule has 0 aliphatic heterocycles. The average Bonchev–Trinajstić information content (AvgIpc) is 2.72. The molecule has 3 aliphatic rings. The number of rotatable bonds is 1. The number of hydrogen-bond acceptors (Lipinski definition) is 3. The van der Waals surface area contributed by atoms with Gasteiger partial charge in [-0.3, -0.25) is 4.79 Å². The minimum absolute atomic E-state index is 0.0150. The highest BCUT2D eigenvalue weighted by atomic mass is 16.3. The Hall–Kier alpha value is -0.410. The molecule has 15 heavy (non-hydrogen) atoms.